The number of nitrogens with one attached hydrogen (secondary N) is 1. The van der Waals surface area contributed by atoms with Gasteiger partial charge in [0.1, 0.15) is 0 Å². The van der Waals surface area contributed by atoms with Gasteiger partial charge in [0, 0.05) is 46.1 Å². The molecule has 0 aliphatic rings. The zero-order chi connectivity index (χ0) is 20.3. The number of benzene rings is 2. The van der Waals surface area contributed by atoms with Gasteiger partial charge in [-0.1, -0.05) is 57.9 Å². The second kappa shape index (κ2) is 8.95. The molecule has 1 aromatic heterocycles. The van der Waals surface area contributed by atoms with Gasteiger partial charge in [-0.05, 0) is 43.2 Å². The lowest BCUT2D eigenvalue weighted by atomic mass is 10.1. The van der Waals surface area contributed by atoms with Crippen LogP contribution >= 0.6 is 27.5 Å². The molecule has 6 heteroatoms. The Morgan fingerprint density at radius 1 is 1.11 bits per heavy atom. The Labute approximate surface area is 178 Å². The molecule has 146 valence electrons. The summed E-state index contributed by atoms with van der Waals surface area (Å²) in [5, 5.41) is 13.8. The highest BCUT2D eigenvalue weighted by Crippen LogP contribution is 2.26. The summed E-state index contributed by atoms with van der Waals surface area (Å²) in [7, 11) is 0. The van der Waals surface area contributed by atoms with Gasteiger partial charge in [-0.15, -0.1) is 0 Å². The van der Waals surface area contributed by atoms with Crippen LogP contribution < -0.4 is 5.32 Å². The fourth-order valence-electron chi connectivity index (χ4n) is 3.46. The molecule has 0 bridgehead atoms. The summed E-state index contributed by atoms with van der Waals surface area (Å²) >= 11 is 9.78. The van der Waals surface area contributed by atoms with Crippen molar-refractivity contribution in [2.75, 3.05) is 0 Å². The van der Waals surface area contributed by atoms with Crippen LogP contribution in [0.15, 0.2) is 53.0 Å². The van der Waals surface area contributed by atoms with E-state index >= 15 is 0 Å². The number of nitrogens with zero attached hydrogens (tertiary/aromatic N) is 1. The third-order valence-electron chi connectivity index (χ3n) is 4.93. The zero-order valence-corrected chi connectivity index (χ0v) is 18.1. The standard InChI is InChI=1S/C22H22BrClN2O2/c1-14-19(12-25-11-16-6-5-8-18(23)10-16)21(22(27)28)15(2)26(14)13-17-7-3-4-9-20(17)24/h3-10,25H,11-13H2,1-2H3,(H,27,28). The Morgan fingerprint density at radius 3 is 2.54 bits per heavy atom. The molecule has 0 spiro atoms. The van der Waals surface area contributed by atoms with E-state index in [0.29, 0.717) is 30.2 Å². The van der Waals surface area contributed by atoms with Crippen molar-refractivity contribution < 1.29 is 9.90 Å². The number of rotatable bonds is 7. The molecule has 3 aromatic rings. The number of hydrogen-bond acceptors (Lipinski definition) is 2. The van der Waals surface area contributed by atoms with Crippen molar-refractivity contribution in [1.29, 1.82) is 0 Å². The topological polar surface area (TPSA) is 54.3 Å². The third kappa shape index (κ3) is 4.49. The van der Waals surface area contributed by atoms with Crippen molar-refractivity contribution >= 4 is 33.5 Å². The van der Waals surface area contributed by atoms with Gasteiger partial charge in [-0.2, -0.15) is 0 Å². The SMILES string of the molecule is Cc1c(CNCc2cccc(Br)c2)c(C(=O)O)c(C)n1Cc1ccccc1Cl. The summed E-state index contributed by atoms with van der Waals surface area (Å²) in [6.45, 7) is 5.50. The largest absolute Gasteiger partial charge is 0.478 e. The van der Waals surface area contributed by atoms with E-state index in [0.717, 1.165) is 32.6 Å². The minimum absolute atomic E-state index is 0.367. The van der Waals surface area contributed by atoms with Gasteiger partial charge >= 0.3 is 5.97 Å². The first kappa shape index (κ1) is 20.6. The highest BCUT2D eigenvalue weighted by Gasteiger charge is 2.22. The first-order valence-electron chi connectivity index (χ1n) is 8.99. The molecule has 0 aliphatic heterocycles. The van der Waals surface area contributed by atoms with Crippen molar-refractivity contribution in [1.82, 2.24) is 9.88 Å². The fourth-order valence-corrected chi connectivity index (χ4v) is 4.10. The van der Waals surface area contributed by atoms with Crippen LogP contribution in [0, 0.1) is 13.8 Å². The number of aromatic nitrogens is 1. The Bertz CT molecular complexity index is 1010. The van der Waals surface area contributed by atoms with Crippen LogP contribution in [0.25, 0.3) is 0 Å². The maximum absolute atomic E-state index is 11.9. The van der Waals surface area contributed by atoms with Gasteiger partial charge in [0.05, 0.1) is 5.56 Å². The van der Waals surface area contributed by atoms with Crippen LogP contribution in [-0.4, -0.2) is 15.6 Å². The van der Waals surface area contributed by atoms with Crippen molar-refractivity contribution in [2.24, 2.45) is 0 Å². The fraction of sp³-hybridized carbons (Fsp3) is 0.227. The van der Waals surface area contributed by atoms with Crippen molar-refractivity contribution in [2.45, 2.75) is 33.5 Å². The van der Waals surface area contributed by atoms with E-state index in [9.17, 15) is 9.90 Å². The average Bonchev–Trinajstić information content (AvgIpc) is 2.88. The molecule has 0 atom stereocenters. The van der Waals surface area contributed by atoms with Gasteiger partial charge in [0.2, 0.25) is 0 Å². The molecule has 0 fully saturated rings. The van der Waals surface area contributed by atoms with Crippen molar-refractivity contribution in [3.63, 3.8) is 0 Å². The number of hydrogen-bond donors (Lipinski definition) is 2. The lowest BCUT2D eigenvalue weighted by Crippen LogP contribution is -2.15. The second-order valence-corrected chi connectivity index (χ2v) is 8.06. The summed E-state index contributed by atoms with van der Waals surface area (Å²) in [6.07, 6.45) is 0. The summed E-state index contributed by atoms with van der Waals surface area (Å²) in [5.74, 6) is -0.905. The smallest absolute Gasteiger partial charge is 0.337 e. The predicted molar refractivity (Wildman–Crippen MR) is 116 cm³/mol. The van der Waals surface area contributed by atoms with Crippen LogP contribution in [0.3, 0.4) is 0 Å². The molecule has 0 amide bonds. The molecule has 3 rings (SSSR count). The van der Waals surface area contributed by atoms with E-state index in [2.05, 4.69) is 21.2 Å². The van der Waals surface area contributed by atoms with Gasteiger partial charge in [0.15, 0.2) is 0 Å². The summed E-state index contributed by atoms with van der Waals surface area (Å²) in [6, 6.07) is 15.7. The van der Waals surface area contributed by atoms with Crippen LogP contribution in [0.5, 0.6) is 0 Å². The summed E-state index contributed by atoms with van der Waals surface area (Å²) in [5.41, 5.74) is 4.96. The Hall–Kier alpha value is -2.08. The molecular formula is C22H22BrClN2O2. The van der Waals surface area contributed by atoms with Gasteiger partial charge < -0.3 is 15.0 Å². The summed E-state index contributed by atoms with van der Waals surface area (Å²) in [4.78, 5) is 11.9. The highest BCUT2D eigenvalue weighted by atomic mass is 79.9. The molecule has 0 saturated carbocycles. The molecule has 28 heavy (non-hydrogen) atoms. The molecule has 0 radical (unpaired) electrons. The van der Waals surface area contributed by atoms with Gasteiger partial charge in [0.25, 0.3) is 0 Å². The molecule has 0 saturated heterocycles. The predicted octanol–water partition coefficient (Wildman–Crippen LogP) is 5.56. The number of carboxylic acid groups (broad SMARTS) is 1. The van der Waals surface area contributed by atoms with Gasteiger partial charge in [-0.25, -0.2) is 4.79 Å². The molecular weight excluding hydrogens is 440 g/mol. The quantitative estimate of drug-likeness (QED) is 0.484. The summed E-state index contributed by atoms with van der Waals surface area (Å²) < 4.78 is 3.05. The van der Waals surface area contributed by atoms with E-state index in [1.807, 2.05) is 66.9 Å². The minimum Gasteiger partial charge on any atom is -0.478 e. The monoisotopic (exact) mass is 460 g/mol. The van der Waals surface area contributed by atoms with Crippen LogP contribution in [0.2, 0.25) is 5.02 Å². The number of halogens is 2. The number of carboxylic acids is 1. The Balaban J connectivity index is 1.86. The lowest BCUT2D eigenvalue weighted by molar-refractivity contribution is 0.0694. The average molecular weight is 462 g/mol. The van der Waals surface area contributed by atoms with Crippen LogP contribution in [0.1, 0.15) is 38.4 Å². The maximum atomic E-state index is 11.9. The van der Waals surface area contributed by atoms with E-state index in [-0.39, 0.29) is 0 Å². The lowest BCUT2D eigenvalue weighted by Gasteiger charge is -2.11. The van der Waals surface area contributed by atoms with Crippen molar-refractivity contribution in [3.8, 4) is 0 Å². The molecule has 0 aliphatic carbocycles. The third-order valence-corrected chi connectivity index (χ3v) is 5.79. The number of carbonyl (C=O) groups is 1. The zero-order valence-electron chi connectivity index (χ0n) is 15.8. The highest BCUT2D eigenvalue weighted by molar-refractivity contribution is 9.10. The Kier molecular flexibility index (Phi) is 6.60. The van der Waals surface area contributed by atoms with Crippen LogP contribution in [0.4, 0.5) is 0 Å². The molecule has 1 heterocycles. The normalized spacial score (nSPS) is 11.0. The molecule has 2 aromatic carbocycles. The molecule has 4 nitrogen and oxygen atoms in total. The van der Waals surface area contributed by atoms with Crippen molar-refractivity contribution in [3.05, 3.63) is 91.7 Å². The number of aromatic carboxylic acids is 1. The maximum Gasteiger partial charge on any atom is 0.337 e. The Morgan fingerprint density at radius 2 is 1.86 bits per heavy atom. The van der Waals surface area contributed by atoms with E-state index < -0.39 is 5.97 Å². The first-order valence-corrected chi connectivity index (χ1v) is 10.2. The van der Waals surface area contributed by atoms with E-state index in [1.54, 1.807) is 0 Å². The van der Waals surface area contributed by atoms with E-state index in [1.165, 1.54) is 0 Å². The van der Waals surface area contributed by atoms with Crippen LogP contribution in [-0.2, 0) is 19.6 Å². The second-order valence-electron chi connectivity index (χ2n) is 6.74. The molecule has 2 N–H and O–H groups in total. The molecule has 0 unspecified atom stereocenters. The van der Waals surface area contributed by atoms with E-state index in [4.69, 9.17) is 11.6 Å². The first-order chi connectivity index (χ1) is 13.4. The minimum atomic E-state index is -0.905. The van der Waals surface area contributed by atoms with Gasteiger partial charge in [-0.3, -0.25) is 0 Å².